The zero-order valence-corrected chi connectivity index (χ0v) is 12.0. The summed E-state index contributed by atoms with van der Waals surface area (Å²) in [6.45, 7) is 0.990. The molecule has 0 unspecified atom stereocenters. The van der Waals surface area contributed by atoms with Crippen LogP contribution < -0.4 is 5.32 Å². The molecule has 1 heterocycles. The molecule has 2 amide bonds. The van der Waals surface area contributed by atoms with Gasteiger partial charge in [-0.25, -0.2) is 0 Å². The summed E-state index contributed by atoms with van der Waals surface area (Å²) in [5, 5.41) is 2.43. The molecule has 116 valence electrons. The number of carbonyl (C=O) groups is 2. The van der Waals surface area contributed by atoms with E-state index in [2.05, 4.69) is 5.32 Å². The largest absolute Gasteiger partial charge is 0.441 e. The van der Waals surface area contributed by atoms with Crippen LogP contribution in [0.1, 0.15) is 32.1 Å². The number of amides is 2. The molecular formula is C12H19F3N2O2S. The number of alkyl halides is 3. The van der Waals surface area contributed by atoms with Crippen molar-refractivity contribution in [2.24, 2.45) is 0 Å². The predicted octanol–water partition coefficient (Wildman–Crippen LogP) is 2.15. The maximum absolute atomic E-state index is 11.9. The zero-order valence-electron chi connectivity index (χ0n) is 11.2. The van der Waals surface area contributed by atoms with Crippen LogP contribution >= 0.6 is 11.8 Å². The SMILES string of the molecule is O=C(CCN1CCCCCC1=O)NCCSC(F)(F)F. The Morgan fingerprint density at radius 3 is 2.75 bits per heavy atom. The molecule has 1 aliphatic rings. The van der Waals surface area contributed by atoms with Crippen LogP contribution in [0, 0.1) is 0 Å². The lowest BCUT2D eigenvalue weighted by Crippen LogP contribution is -2.35. The highest BCUT2D eigenvalue weighted by molar-refractivity contribution is 8.00. The summed E-state index contributed by atoms with van der Waals surface area (Å²) in [5.74, 6) is -0.453. The van der Waals surface area contributed by atoms with E-state index in [1.54, 1.807) is 4.90 Å². The Balaban J connectivity index is 2.14. The second-order valence-electron chi connectivity index (χ2n) is 4.59. The number of halogens is 3. The summed E-state index contributed by atoms with van der Waals surface area (Å²) >= 11 is -0.154. The van der Waals surface area contributed by atoms with Gasteiger partial charge in [0.2, 0.25) is 11.8 Å². The lowest BCUT2D eigenvalue weighted by atomic mass is 10.2. The predicted molar refractivity (Wildman–Crippen MR) is 71.2 cm³/mol. The van der Waals surface area contributed by atoms with E-state index in [1.165, 1.54) is 0 Å². The Labute approximate surface area is 120 Å². The average Bonchev–Trinajstić information content (AvgIpc) is 2.56. The van der Waals surface area contributed by atoms with Crippen molar-refractivity contribution in [2.45, 2.75) is 37.6 Å². The van der Waals surface area contributed by atoms with Crippen LogP contribution in [0.25, 0.3) is 0 Å². The fraction of sp³-hybridized carbons (Fsp3) is 0.833. The molecule has 0 atom stereocenters. The zero-order chi connectivity index (χ0) is 15.0. The van der Waals surface area contributed by atoms with E-state index >= 15 is 0 Å². The summed E-state index contributed by atoms with van der Waals surface area (Å²) in [7, 11) is 0. The van der Waals surface area contributed by atoms with Gasteiger partial charge in [0, 0.05) is 38.2 Å². The highest BCUT2D eigenvalue weighted by Gasteiger charge is 2.27. The maximum Gasteiger partial charge on any atom is 0.441 e. The fourth-order valence-electron chi connectivity index (χ4n) is 1.96. The van der Waals surface area contributed by atoms with Gasteiger partial charge >= 0.3 is 5.51 Å². The lowest BCUT2D eigenvalue weighted by Gasteiger charge is -2.20. The third-order valence-electron chi connectivity index (χ3n) is 2.97. The second kappa shape index (κ2) is 8.39. The number of nitrogens with one attached hydrogen (secondary N) is 1. The van der Waals surface area contributed by atoms with Crippen molar-refractivity contribution >= 4 is 23.6 Å². The summed E-state index contributed by atoms with van der Waals surface area (Å²) in [6, 6.07) is 0. The molecule has 1 rings (SSSR count). The molecular weight excluding hydrogens is 293 g/mol. The van der Waals surface area contributed by atoms with Crippen LogP contribution in [-0.4, -0.2) is 47.6 Å². The number of carbonyl (C=O) groups excluding carboxylic acids is 2. The first-order valence-electron chi connectivity index (χ1n) is 6.63. The van der Waals surface area contributed by atoms with Crippen LogP contribution in [0.3, 0.4) is 0 Å². The van der Waals surface area contributed by atoms with Gasteiger partial charge in [-0.1, -0.05) is 6.42 Å². The van der Waals surface area contributed by atoms with Crippen LogP contribution in [0.15, 0.2) is 0 Å². The molecule has 0 aliphatic carbocycles. The minimum absolute atomic E-state index is 0.0169. The van der Waals surface area contributed by atoms with E-state index in [9.17, 15) is 22.8 Å². The molecule has 0 bridgehead atoms. The van der Waals surface area contributed by atoms with E-state index in [4.69, 9.17) is 0 Å². The standard InChI is InChI=1S/C12H19F3N2O2S/c13-12(14,15)20-9-6-16-10(18)5-8-17-7-3-1-2-4-11(17)19/h1-9H2,(H,16,18). The number of hydrogen-bond donors (Lipinski definition) is 1. The van der Waals surface area contributed by atoms with Gasteiger partial charge in [-0.05, 0) is 24.6 Å². The Hall–Kier alpha value is -0.920. The monoisotopic (exact) mass is 312 g/mol. The van der Waals surface area contributed by atoms with Crippen LogP contribution in [0.5, 0.6) is 0 Å². The lowest BCUT2D eigenvalue weighted by molar-refractivity contribution is -0.131. The van der Waals surface area contributed by atoms with Crippen molar-refractivity contribution in [3.8, 4) is 0 Å². The van der Waals surface area contributed by atoms with Gasteiger partial charge in [0.15, 0.2) is 0 Å². The van der Waals surface area contributed by atoms with E-state index in [0.717, 1.165) is 19.3 Å². The van der Waals surface area contributed by atoms with Crippen LogP contribution in [-0.2, 0) is 9.59 Å². The quantitative estimate of drug-likeness (QED) is 0.765. The van der Waals surface area contributed by atoms with Gasteiger partial charge < -0.3 is 10.2 Å². The number of thioether (sulfide) groups is 1. The molecule has 1 fully saturated rings. The normalized spacial score (nSPS) is 16.9. The third kappa shape index (κ3) is 7.62. The van der Waals surface area contributed by atoms with Gasteiger partial charge in [-0.15, -0.1) is 0 Å². The Morgan fingerprint density at radius 2 is 2.05 bits per heavy atom. The van der Waals surface area contributed by atoms with E-state index in [0.29, 0.717) is 19.5 Å². The van der Waals surface area contributed by atoms with Crippen LogP contribution in [0.4, 0.5) is 13.2 Å². The number of rotatable bonds is 6. The number of hydrogen-bond acceptors (Lipinski definition) is 3. The van der Waals surface area contributed by atoms with Gasteiger partial charge in [-0.2, -0.15) is 13.2 Å². The summed E-state index contributed by atoms with van der Waals surface area (Å²) in [4.78, 5) is 24.8. The fourth-order valence-corrected chi connectivity index (χ4v) is 2.39. The molecule has 0 spiro atoms. The molecule has 1 N–H and O–H groups in total. The molecule has 0 aromatic carbocycles. The van der Waals surface area contributed by atoms with Gasteiger partial charge in [0.1, 0.15) is 0 Å². The van der Waals surface area contributed by atoms with Gasteiger partial charge in [-0.3, -0.25) is 9.59 Å². The third-order valence-corrected chi connectivity index (χ3v) is 3.71. The van der Waals surface area contributed by atoms with E-state index in [1.807, 2.05) is 0 Å². The molecule has 20 heavy (non-hydrogen) atoms. The number of likely N-dealkylation sites (tertiary alicyclic amines) is 1. The van der Waals surface area contributed by atoms with Gasteiger partial charge in [0.05, 0.1) is 0 Å². The summed E-state index contributed by atoms with van der Waals surface area (Å²) in [6.07, 6.45) is 3.50. The van der Waals surface area contributed by atoms with Crippen molar-refractivity contribution in [3.63, 3.8) is 0 Å². The molecule has 1 saturated heterocycles. The topological polar surface area (TPSA) is 49.4 Å². The minimum atomic E-state index is -4.26. The average molecular weight is 312 g/mol. The van der Waals surface area contributed by atoms with Crippen molar-refractivity contribution in [1.82, 2.24) is 10.2 Å². The molecule has 0 saturated carbocycles. The Kier molecular flexibility index (Phi) is 7.18. The summed E-state index contributed by atoms with van der Waals surface area (Å²) in [5.41, 5.74) is -4.26. The first-order valence-corrected chi connectivity index (χ1v) is 7.62. The Morgan fingerprint density at radius 1 is 1.30 bits per heavy atom. The van der Waals surface area contributed by atoms with Crippen molar-refractivity contribution in [3.05, 3.63) is 0 Å². The molecule has 0 aromatic rings. The van der Waals surface area contributed by atoms with Crippen molar-refractivity contribution in [2.75, 3.05) is 25.4 Å². The smallest absolute Gasteiger partial charge is 0.355 e. The second-order valence-corrected chi connectivity index (χ2v) is 5.75. The van der Waals surface area contributed by atoms with E-state index in [-0.39, 0.29) is 42.3 Å². The molecule has 0 radical (unpaired) electrons. The molecule has 8 heteroatoms. The summed E-state index contributed by atoms with van der Waals surface area (Å²) < 4.78 is 35.6. The highest BCUT2D eigenvalue weighted by Crippen LogP contribution is 2.29. The molecule has 4 nitrogen and oxygen atoms in total. The first-order chi connectivity index (χ1) is 9.38. The van der Waals surface area contributed by atoms with Crippen molar-refractivity contribution in [1.29, 1.82) is 0 Å². The molecule has 1 aliphatic heterocycles. The van der Waals surface area contributed by atoms with E-state index < -0.39 is 5.51 Å². The minimum Gasteiger partial charge on any atom is -0.355 e. The van der Waals surface area contributed by atoms with Crippen molar-refractivity contribution < 1.29 is 22.8 Å². The maximum atomic E-state index is 11.9. The molecule has 0 aromatic heterocycles. The first kappa shape index (κ1) is 17.1. The van der Waals surface area contributed by atoms with Gasteiger partial charge in [0.25, 0.3) is 0 Å². The highest BCUT2D eigenvalue weighted by atomic mass is 32.2. The number of nitrogens with zero attached hydrogens (tertiary/aromatic N) is 1. The van der Waals surface area contributed by atoms with Crippen LogP contribution in [0.2, 0.25) is 0 Å². The Bertz CT molecular complexity index is 337.